The molecule has 0 aromatic heterocycles. The molecule has 4 nitrogen and oxygen atoms in total. The van der Waals surface area contributed by atoms with Crippen molar-refractivity contribution in [2.75, 3.05) is 12.8 Å². The van der Waals surface area contributed by atoms with Gasteiger partial charge in [-0.3, -0.25) is 0 Å². The van der Waals surface area contributed by atoms with Crippen molar-refractivity contribution in [3.05, 3.63) is 48.0 Å². The standard InChI is InChI=1S/C14H15NO3/c1-17-14-8-10(9-16)6-7-13(14)18-12-5-3-2-4-11(12)15/h2-8,16H,9,15H2,1H3. The average Bonchev–Trinajstić information content (AvgIpc) is 2.41. The van der Waals surface area contributed by atoms with Gasteiger partial charge >= 0.3 is 0 Å². The van der Waals surface area contributed by atoms with Crippen LogP contribution in [0, 0.1) is 0 Å². The van der Waals surface area contributed by atoms with E-state index in [9.17, 15) is 0 Å². The van der Waals surface area contributed by atoms with Crippen molar-refractivity contribution in [1.29, 1.82) is 0 Å². The van der Waals surface area contributed by atoms with Gasteiger partial charge in [-0.2, -0.15) is 0 Å². The lowest BCUT2D eigenvalue weighted by Gasteiger charge is -2.12. The normalized spacial score (nSPS) is 10.1. The fraction of sp³-hybridized carbons (Fsp3) is 0.143. The van der Waals surface area contributed by atoms with E-state index in [4.69, 9.17) is 20.3 Å². The third kappa shape index (κ3) is 2.55. The molecule has 0 radical (unpaired) electrons. The summed E-state index contributed by atoms with van der Waals surface area (Å²) in [5.74, 6) is 1.70. The molecule has 2 aromatic carbocycles. The predicted molar refractivity (Wildman–Crippen MR) is 69.8 cm³/mol. The van der Waals surface area contributed by atoms with Crippen LogP contribution in [0.15, 0.2) is 42.5 Å². The zero-order valence-electron chi connectivity index (χ0n) is 10.1. The fourth-order valence-corrected chi connectivity index (χ4v) is 1.59. The van der Waals surface area contributed by atoms with Crippen molar-refractivity contribution in [1.82, 2.24) is 0 Å². The molecule has 0 amide bonds. The Morgan fingerprint density at radius 3 is 2.50 bits per heavy atom. The molecule has 0 saturated carbocycles. The van der Waals surface area contributed by atoms with Crippen LogP contribution in [-0.2, 0) is 6.61 Å². The van der Waals surface area contributed by atoms with Crippen molar-refractivity contribution < 1.29 is 14.6 Å². The first-order valence-electron chi connectivity index (χ1n) is 5.54. The van der Waals surface area contributed by atoms with Gasteiger partial charge in [0, 0.05) is 0 Å². The summed E-state index contributed by atoms with van der Waals surface area (Å²) in [5, 5.41) is 9.07. The molecule has 0 spiro atoms. The molecule has 0 bridgehead atoms. The molecule has 0 fully saturated rings. The Morgan fingerprint density at radius 2 is 1.83 bits per heavy atom. The lowest BCUT2D eigenvalue weighted by molar-refractivity contribution is 0.280. The van der Waals surface area contributed by atoms with E-state index >= 15 is 0 Å². The van der Waals surface area contributed by atoms with Crippen LogP contribution in [0.2, 0.25) is 0 Å². The van der Waals surface area contributed by atoms with Gasteiger partial charge in [0.2, 0.25) is 0 Å². The minimum atomic E-state index is -0.0376. The minimum absolute atomic E-state index is 0.0376. The van der Waals surface area contributed by atoms with Gasteiger partial charge in [0.25, 0.3) is 0 Å². The third-order valence-corrected chi connectivity index (χ3v) is 2.55. The largest absolute Gasteiger partial charge is 0.493 e. The van der Waals surface area contributed by atoms with Gasteiger partial charge in [-0.05, 0) is 29.8 Å². The first-order valence-corrected chi connectivity index (χ1v) is 5.54. The van der Waals surface area contributed by atoms with E-state index < -0.39 is 0 Å². The number of methoxy groups -OCH3 is 1. The number of hydrogen-bond donors (Lipinski definition) is 2. The summed E-state index contributed by atoms with van der Waals surface area (Å²) in [6, 6.07) is 12.5. The molecule has 0 aliphatic rings. The molecule has 0 aliphatic carbocycles. The van der Waals surface area contributed by atoms with E-state index in [1.54, 1.807) is 37.4 Å². The molecule has 4 heteroatoms. The molecule has 2 rings (SSSR count). The maximum absolute atomic E-state index is 9.07. The predicted octanol–water partition coefficient (Wildman–Crippen LogP) is 2.56. The van der Waals surface area contributed by atoms with Crippen LogP contribution >= 0.6 is 0 Å². The number of nitrogens with two attached hydrogens (primary N) is 1. The summed E-state index contributed by atoms with van der Waals surface area (Å²) in [4.78, 5) is 0. The molecule has 3 N–H and O–H groups in total. The Bertz CT molecular complexity index is 540. The van der Waals surface area contributed by atoms with E-state index in [1.165, 1.54) is 0 Å². The highest BCUT2D eigenvalue weighted by molar-refractivity contribution is 5.55. The number of benzene rings is 2. The van der Waals surface area contributed by atoms with Crippen LogP contribution in [0.5, 0.6) is 17.2 Å². The summed E-state index contributed by atoms with van der Waals surface area (Å²) in [5.41, 5.74) is 7.14. The molecule has 0 heterocycles. The van der Waals surface area contributed by atoms with E-state index in [-0.39, 0.29) is 6.61 Å². The number of aliphatic hydroxyl groups excluding tert-OH is 1. The topological polar surface area (TPSA) is 64.7 Å². The Kier molecular flexibility index (Phi) is 3.69. The lowest BCUT2D eigenvalue weighted by Crippen LogP contribution is -1.95. The Hall–Kier alpha value is -2.20. The molecular weight excluding hydrogens is 230 g/mol. The fourth-order valence-electron chi connectivity index (χ4n) is 1.59. The Labute approximate surface area is 106 Å². The van der Waals surface area contributed by atoms with Crippen LogP contribution in [0.1, 0.15) is 5.56 Å². The molecular formula is C14H15NO3. The maximum atomic E-state index is 9.07. The summed E-state index contributed by atoms with van der Waals surface area (Å²) in [7, 11) is 1.55. The highest BCUT2D eigenvalue weighted by Gasteiger charge is 2.08. The van der Waals surface area contributed by atoms with Crippen LogP contribution in [-0.4, -0.2) is 12.2 Å². The third-order valence-electron chi connectivity index (χ3n) is 2.55. The average molecular weight is 245 g/mol. The number of aliphatic hydroxyl groups is 1. The van der Waals surface area contributed by atoms with Crippen molar-refractivity contribution >= 4 is 5.69 Å². The van der Waals surface area contributed by atoms with E-state index in [1.807, 2.05) is 12.1 Å². The second-order valence-electron chi connectivity index (χ2n) is 3.78. The smallest absolute Gasteiger partial charge is 0.169 e. The quantitative estimate of drug-likeness (QED) is 0.812. The first-order chi connectivity index (χ1) is 8.74. The summed E-state index contributed by atoms with van der Waals surface area (Å²) in [6.07, 6.45) is 0. The van der Waals surface area contributed by atoms with Gasteiger partial charge in [-0.25, -0.2) is 0 Å². The van der Waals surface area contributed by atoms with Gasteiger partial charge in [0.1, 0.15) is 0 Å². The second kappa shape index (κ2) is 5.42. The minimum Gasteiger partial charge on any atom is -0.493 e. The van der Waals surface area contributed by atoms with Gasteiger partial charge < -0.3 is 20.3 Å². The Balaban J connectivity index is 2.32. The molecule has 0 aliphatic heterocycles. The number of para-hydroxylation sites is 2. The molecule has 0 saturated heterocycles. The molecule has 0 atom stereocenters. The SMILES string of the molecule is COc1cc(CO)ccc1Oc1ccccc1N. The van der Waals surface area contributed by atoms with Crippen molar-refractivity contribution in [3.63, 3.8) is 0 Å². The van der Waals surface area contributed by atoms with Crippen LogP contribution in [0.3, 0.4) is 0 Å². The van der Waals surface area contributed by atoms with E-state index in [0.29, 0.717) is 22.9 Å². The second-order valence-corrected chi connectivity index (χ2v) is 3.78. The van der Waals surface area contributed by atoms with Crippen molar-refractivity contribution in [2.45, 2.75) is 6.61 Å². The monoisotopic (exact) mass is 245 g/mol. The van der Waals surface area contributed by atoms with Gasteiger partial charge in [-0.1, -0.05) is 18.2 Å². The number of nitrogen functional groups attached to an aromatic ring is 1. The van der Waals surface area contributed by atoms with Crippen molar-refractivity contribution in [3.8, 4) is 17.2 Å². The van der Waals surface area contributed by atoms with Gasteiger partial charge in [0.15, 0.2) is 17.2 Å². The zero-order valence-corrected chi connectivity index (χ0v) is 10.1. The van der Waals surface area contributed by atoms with Gasteiger partial charge in [-0.15, -0.1) is 0 Å². The highest BCUT2D eigenvalue weighted by Crippen LogP contribution is 2.34. The molecule has 0 unspecified atom stereocenters. The van der Waals surface area contributed by atoms with E-state index in [2.05, 4.69) is 0 Å². The van der Waals surface area contributed by atoms with Crippen LogP contribution in [0.25, 0.3) is 0 Å². The maximum Gasteiger partial charge on any atom is 0.169 e. The lowest BCUT2D eigenvalue weighted by atomic mass is 10.2. The Morgan fingerprint density at radius 1 is 1.06 bits per heavy atom. The van der Waals surface area contributed by atoms with Crippen LogP contribution < -0.4 is 15.2 Å². The molecule has 94 valence electrons. The summed E-state index contributed by atoms with van der Waals surface area (Å²) < 4.78 is 10.9. The van der Waals surface area contributed by atoms with Crippen molar-refractivity contribution in [2.24, 2.45) is 0 Å². The molecule has 2 aromatic rings. The zero-order chi connectivity index (χ0) is 13.0. The number of rotatable bonds is 4. The van der Waals surface area contributed by atoms with Crippen LogP contribution in [0.4, 0.5) is 5.69 Å². The van der Waals surface area contributed by atoms with Gasteiger partial charge in [0.05, 0.1) is 19.4 Å². The number of anilines is 1. The number of hydrogen-bond acceptors (Lipinski definition) is 4. The first kappa shape index (κ1) is 12.3. The number of ether oxygens (including phenoxy) is 2. The summed E-state index contributed by atoms with van der Waals surface area (Å²) >= 11 is 0. The van der Waals surface area contributed by atoms with E-state index in [0.717, 1.165) is 5.56 Å². The summed E-state index contributed by atoms with van der Waals surface area (Å²) in [6.45, 7) is -0.0376. The molecule has 18 heavy (non-hydrogen) atoms. The highest BCUT2D eigenvalue weighted by atomic mass is 16.5.